The number of rotatable bonds is 2. The second kappa shape index (κ2) is 4.56. The molecule has 1 aliphatic heterocycles. The Morgan fingerprint density at radius 1 is 1.62 bits per heavy atom. The van der Waals surface area contributed by atoms with Gasteiger partial charge in [0, 0.05) is 12.1 Å². The largest absolute Gasteiger partial charge is 0.372 e. The Morgan fingerprint density at radius 2 is 2.31 bits per heavy atom. The summed E-state index contributed by atoms with van der Waals surface area (Å²) in [4.78, 5) is 0. The molecule has 1 aliphatic rings. The molecule has 1 heterocycles. The lowest BCUT2D eigenvalue weighted by molar-refractivity contribution is -0.0612. The molecule has 0 spiro atoms. The lowest BCUT2D eigenvalue weighted by atomic mass is 9.95. The Bertz CT molecular complexity index is 202. The minimum absolute atomic E-state index is 0.00875. The van der Waals surface area contributed by atoms with Gasteiger partial charge in [-0.3, -0.25) is 0 Å². The first-order valence-corrected chi connectivity index (χ1v) is 4.68. The van der Waals surface area contributed by atoms with Gasteiger partial charge in [-0.15, -0.1) is 0 Å². The number of hydrogen-bond acceptors (Lipinski definition) is 4. The molecule has 0 amide bonds. The van der Waals surface area contributed by atoms with E-state index in [4.69, 9.17) is 21.5 Å². The highest BCUT2D eigenvalue weighted by Crippen LogP contribution is 2.20. The topological polar surface area (TPSA) is 85.1 Å². The van der Waals surface area contributed by atoms with E-state index in [9.17, 15) is 0 Å². The summed E-state index contributed by atoms with van der Waals surface area (Å²) < 4.78 is 5.61. The van der Waals surface area contributed by atoms with Crippen molar-refractivity contribution >= 4 is 0 Å². The van der Waals surface area contributed by atoms with Crippen LogP contribution < -0.4 is 11.5 Å². The highest BCUT2D eigenvalue weighted by atomic mass is 16.5. The van der Waals surface area contributed by atoms with Crippen molar-refractivity contribution in [1.82, 2.24) is 0 Å². The van der Waals surface area contributed by atoms with E-state index < -0.39 is 0 Å². The minimum Gasteiger partial charge on any atom is -0.372 e. The van der Waals surface area contributed by atoms with Gasteiger partial charge in [0.1, 0.15) is 0 Å². The smallest absolute Gasteiger partial charge is 0.0741 e. The number of nitrogens with zero attached hydrogens (tertiary/aromatic N) is 1. The molecule has 4 heteroatoms. The van der Waals surface area contributed by atoms with Crippen molar-refractivity contribution in [3.63, 3.8) is 0 Å². The minimum atomic E-state index is -0.167. The molecule has 13 heavy (non-hydrogen) atoms. The molecule has 0 aliphatic carbocycles. The van der Waals surface area contributed by atoms with Gasteiger partial charge in [0.2, 0.25) is 0 Å². The van der Waals surface area contributed by atoms with Crippen LogP contribution in [0.5, 0.6) is 0 Å². The van der Waals surface area contributed by atoms with Crippen LogP contribution in [0.4, 0.5) is 0 Å². The number of hydrogen-bond donors (Lipinski definition) is 2. The molecule has 1 fully saturated rings. The third kappa shape index (κ3) is 2.66. The maximum absolute atomic E-state index is 8.47. The highest BCUT2D eigenvalue weighted by Gasteiger charge is 2.29. The van der Waals surface area contributed by atoms with Gasteiger partial charge in [0.25, 0.3) is 0 Å². The quantitative estimate of drug-likeness (QED) is 0.637. The zero-order chi connectivity index (χ0) is 9.84. The van der Waals surface area contributed by atoms with Crippen LogP contribution in [-0.4, -0.2) is 24.3 Å². The number of nitriles is 1. The van der Waals surface area contributed by atoms with E-state index in [0.717, 1.165) is 12.8 Å². The van der Waals surface area contributed by atoms with Gasteiger partial charge in [0.15, 0.2) is 0 Å². The Morgan fingerprint density at radius 3 is 2.85 bits per heavy atom. The van der Waals surface area contributed by atoms with Crippen LogP contribution in [0.15, 0.2) is 0 Å². The molecule has 0 saturated carbocycles. The highest BCUT2D eigenvalue weighted by molar-refractivity contribution is 4.88. The summed E-state index contributed by atoms with van der Waals surface area (Å²) >= 11 is 0. The van der Waals surface area contributed by atoms with Crippen LogP contribution in [0.25, 0.3) is 0 Å². The zero-order valence-corrected chi connectivity index (χ0v) is 7.94. The molecular weight excluding hydrogens is 166 g/mol. The number of ether oxygens (including phenoxy) is 1. The summed E-state index contributed by atoms with van der Waals surface area (Å²) in [6.45, 7) is 1.95. The van der Waals surface area contributed by atoms with Gasteiger partial charge in [-0.1, -0.05) is 0 Å². The molecule has 0 aromatic carbocycles. The molecule has 0 radical (unpaired) electrons. The van der Waals surface area contributed by atoms with E-state index in [1.165, 1.54) is 0 Å². The Labute approximate surface area is 78.8 Å². The van der Waals surface area contributed by atoms with Crippen molar-refractivity contribution in [3.05, 3.63) is 0 Å². The molecule has 0 aromatic rings. The first-order valence-electron chi connectivity index (χ1n) is 4.68. The SMILES string of the molecule is C[C@H]1OC(C(N)CC#N)CCC1N. The van der Waals surface area contributed by atoms with Crippen molar-refractivity contribution in [1.29, 1.82) is 5.26 Å². The molecule has 1 saturated heterocycles. The number of nitrogens with two attached hydrogens (primary N) is 2. The van der Waals surface area contributed by atoms with E-state index in [-0.39, 0.29) is 24.3 Å². The van der Waals surface area contributed by atoms with Crippen LogP contribution >= 0.6 is 0 Å². The summed E-state index contributed by atoms with van der Waals surface area (Å²) in [5.74, 6) is 0. The average Bonchev–Trinajstić information content (AvgIpc) is 2.10. The molecule has 4 N–H and O–H groups in total. The van der Waals surface area contributed by atoms with Crippen molar-refractivity contribution < 1.29 is 4.74 Å². The lowest BCUT2D eigenvalue weighted by Gasteiger charge is -2.34. The third-order valence-corrected chi connectivity index (χ3v) is 2.58. The molecule has 3 unspecified atom stereocenters. The second-order valence-corrected chi connectivity index (χ2v) is 3.65. The zero-order valence-electron chi connectivity index (χ0n) is 7.94. The fourth-order valence-corrected chi connectivity index (χ4v) is 1.59. The molecular formula is C9H17N3O. The molecule has 0 bridgehead atoms. The summed E-state index contributed by atoms with van der Waals surface area (Å²) in [6.07, 6.45) is 2.23. The Kier molecular flexibility index (Phi) is 3.67. The monoisotopic (exact) mass is 183 g/mol. The predicted octanol–water partition coefficient (Wildman–Crippen LogP) is 0.122. The van der Waals surface area contributed by atoms with E-state index in [1.54, 1.807) is 0 Å². The van der Waals surface area contributed by atoms with Crippen LogP contribution in [0.2, 0.25) is 0 Å². The van der Waals surface area contributed by atoms with Gasteiger partial charge in [-0.2, -0.15) is 5.26 Å². The normalized spacial score (nSPS) is 36.6. The molecule has 4 atom stereocenters. The maximum atomic E-state index is 8.47. The average molecular weight is 183 g/mol. The van der Waals surface area contributed by atoms with Crippen LogP contribution in [0, 0.1) is 11.3 Å². The van der Waals surface area contributed by atoms with Gasteiger partial charge in [-0.25, -0.2) is 0 Å². The van der Waals surface area contributed by atoms with E-state index in [2.05, 4.69) is 6.07 Å². The third-order valence-electron chi connectivity index (χ3n) is 2.58. The Balaban J connectivity index is 2.41. The summed E-state index contributed by atoms with van der Waals surface area (Å²) in [5.41, 5.74) is 11.6. The standard InChI is InChI=1S/C9H17N3O/c1-6-7(11)2-3-9(13-6)8(12)4-5-10/h6-9H,2-4,11-12H2,1H3/t6-,7?,8?,9?/m1/s1. The van der Waals surface area contributed by atoms with Crippen LogP contribution in [0.1, 0.15) is 26.2 Å². The van der Waals surface area contributed by atoms with Gasteiger partial charge in [0.05, 0.1) is 24.7 Å². The maximum Gasteiger partial charge on any atom is 0.0741 e. The summed E-state index contributed by atoms with van der Waals surface area (Å²) in [7, 11) is 0. The second-order valence-electron chi connectivity index (χ2n) is 3.65. The van der Waals surface area contributed by atoms with Crippen LogP contribution in [0.3, 0.4) is 0 Å². The van der Waals surface area contributed by atoms with E-state index in [0.29, 0.717) is 6.42 Å². The van der Waals surface area contributed by atoms with Gasteiger partial charge < -0.3 is 16.2 Å². The van der Waals surface area contributed by atoms with Crippen LogP contribution in [-0.2, 0) is 4.74 Å². The summed E-state index contributed by atoms with van der Waals surface area (Å²) in [6, 6.07) is 2.00. The van der Waals surface area contributed by atoms with Crippen molar-refractivity contribution in [2.24, 2.45) is 11.5 Å². The van der Waals surface area contributed by atoms with E-state index in [1.807, 2.05) is 6.92 Å². The Hall–Kier alpha value is -0.630. The molecule has 4 nitrogen and oxygen atoms in total. The first kappa shape index (κ1) is 10.5. The fraction of sp³-hybridized carbons (Fsp3) is 0.889. The van der Waals surface area contributed by atoms with Gasteiger partial charge in [-0.05, 0) is 19.8 Å². The van der Waals surface area contributed by atoms with Crippen molar-refractivity contribution in [3.8, 4) is 6.07 Å². The predicted molar refractivity (Wildman–Crippen MR) is 49.7 cm³/mol. The lowest BCUT2D eigenvalue weighted by Crippen LogP contribution is -2.48. The van der Waals surface area contributed by atoms with E-state index >= 15 is 0 Å². The molecule has 74 valence electrons. The first-order chi connectivity index (χ1) is 6.15. The molecule has 0 aromatic heterocycles. The molecule has 1 rings (SSSR count). The van der Waals surface area contributed by atoms with Crippen molar-refractivity contribution in [2.45, 2.75) is 50.5 Å². The van der Waals surface area contributed by atoms with Gasteiger partial charge >= 0.3 is 0 Å². The summed E-state index contributed by atoms with van der Waals surface area (Å²) in [5, 5.41) is 8.47. The fourth-order valence-electron chi connectivity index (χ4n) is 1.59. The van der Waals surface area contributed by atoms with Crippen molar-refractivity contribution in [2.75, 3.05) is 0 Å².